The molecule has 1 saturated carbocycles. The molecule has 0 spiro atoms. The van der Waals surface area contributed by atoms with Gasteiger partial charge in [0.05, 0.1) is 17.1 Å². The van der Waals surface area contributed by atoms with Crippen LogP contribution in [0.4, 0.5) is 0 Å². The van der Waals surface area contributed by atoms with Crippen molar-refractivity contribution < 1.29 is 14.3 Å². The van der Waals surface area contributed by atoms with Crippen LogP contribution in [0.2, 0.25) is 0 Å². The van der Waals surface area contributed by atoms with Gasteiger partial charge in [-0.15, -0.1) is 0 Å². The summed E-state index contributed by atoms with van der Waals surface area (Å²) in [5.41, 5.74) is 3.82. The average Bonchev–Trinajstić information content (AvgIpc) is 3.41. The van der Waals surface area contributed by atoms with E-state index in [2.05, 4.69) is 36.0 Å². The number of nitrogens with zero attached hydrogens (tertiary/aromatic N) is 5. The maximum atomic E-state index is 13.6. The molecule has 172 valence electrons. The van der Waals surface area contributed by atoms with E-state index < -0.39 is 0 Å². The van der Waals surface area contributed by atoms with Gasteiger partial charge in [-0.3, -0.25) is 9.69 Å². The largest absolute Gasteiger partial charge is 0.454 e. The quantitative estimate of drug-likeness (QED) is 0.595. The Morgan fingerprint density at radius 2 is 1.88 bits per heavy atom. The molecular formula is C25H29N5O3. The van der Waals surface area contributed by atoms with Crippen molar-refractivity contribution in [3.05, 3.63) is 47.3 Å². The van der Waals surface area contributed by atoms with E-state index in [4.69, 9.17) is 14.5 Å². The zero-order valence-corrected chi connectivity index (χ0v) is 19.2. The molecular weight excluding hydrogens is 418 g/mol. The predicted octanol–water partition coefficient (Wildman–Crippen LogP) is 3.58. The smallest absolute Gasteiger partial charge is 0.254 e. The summed E-state index contributed by atoms with van der Waals surface area (Å²) in [6, 6.07) is 8.34. The number of amides is 1. The van der Waals surface area contributed by atoms with Crippen LogP contribution in [0.3, 0.4) is 0 Å². The Hall–Kier alpha value is -3.13. The first-order chi connectivity index (χ1) is 16.1. The Bertz CT molecular complexity index is 1210. The molecule has 8 nitrogen and oxygen atoms in total. The molecule has 0 N–H and O–H groups in total. The second-order valence-corrected chi connectivity index (χ2v) is 9.55. The van der Waals surface area contributed by atoms with Crippen LogP contribution in [0.5, 0.6) is 11.5 Å². The number of aromatic nitrogens is 3. The number of ether oxygens (including phenoxy) is 2. The third-order valence-electron chi connectivity index (χ3n) is 6.80. The molecule has 1 aromatic carbocycles. The highest BCUT2D eigenvalue weighted by atomic mass is 16.7. The Labute approximate surface area is 193 Å². The molecule has 2 aromatic heterocycles. The van der Waals surface area contributed by atoms with Crippen LogP contribution < -0.4 is 9.47 Å². The molecule has 3 aliphatic rings. The highest BCUT2D eigenvalue weighted by molar-refractivity contribution is 6.05. The van der Waals surface area contributed by atoms with E-state index in [1.807, 2.05) is 27.9 Å². The van der Waals surface area contributed by atoms with E-state index in [9.17, 15) is 4.79 Å². The van der Waals surface area contributed by atoms with Gasteiger partial charge in [0.2, 0.25) is 6.79 Å². The molecule has 0 bridgehead atoms. The second-order valence-electron chi connectivity index (χ2n) is 9.55. The minimum atomic E-state index is 0.0929. The normalized spacial score (nSPS) is 18.5. The highest BCUT2D eigenvalue weighted by Gasteiger charge is 2.30. The van der Waals surface area contributed by atoms with Crippen molar-refractivity contribution in [2.24, 2.45) is 0 Å². The lowest BCUT2D eigenvalue weighted by atomic mass is 10.1. The van der Waals surface area contributed by atoms with Crippen molar-refractivity contribution in [1.82, 2.24) is 24.6 Å². The lowest BCUT2D eigenvalue weighted by Crippen LogP contribution is -2.48. The summed E-state index contributed by atoms with van der Waals surface area (Å²) in [6.45, 7) is 8.43. The second kappa shape index (κ2) is 8.02. The van der Waals surface area contributed by atoms with E-state index in [0.29, 0.717) is 25.8 Å². The SMILES string of the molecule is CC(C)n1ncc2c(C(=O)N3CCN(Cc4ccc5c(c4)OCO5)CC3)cc(C3CC3)nc21. The Balaban J connectivity index is 1.18. The minimum Gasteiger partial charge on any atom is -0.454 e. The first-order valence-electron chi connectivity index (χ1n) is 11.8. The third-order valence-corrected chi connectivity index (χ3v) is 6.80. The van der Waals surface area contributed by atoms with Gasteiger partial charge in [-0.05, 0) is 50.5 Å². The van der Waals surface area contributed by atoms with E-state index in [1.165, 1.54) is 5.56 Å². The van der Waals surface area contributed by atoms with Crippen LogP contribution in [-0.4, -0.2) is 63.4 Å². The van der Waals surface area contributed by atoms with Crippen molar-refractivity contribution in [1.29, 1.82) is 0 Å². The minimum absolute atomic E-state index is 0.0929. The van der Waals surface area contributed by atoms with Crippen molar-refractivity contribution in [2.45, 2.75) is 45.2 Å². The lowest BCUT2D eigenvalue weighted by Gasteiger charge is -2.35. The zero-order chi connectivity index (χ0) is 22.5. The first-order valence-corrected chi connectivity index (χ1v) is 11.8. The fourth-order valence-corrected chi connectivity index (χ4v) is 4.76. The molecule has 6 rings (SSSR count). The van der Waals surface area contributed by atoms with Crippen molar-refractivity contribution in [3.8, 4) is 11.5 Å². The van der Waals surface area contributed by atoms with Gasteiger partial charge >= 0.3 is 0 Å². The van der Waals surface area contributed by atoms with Gasteiger partial charge in [-0.2, -0.15) is 5.10 Å². The van der Waals surface area contributed by atoms with Crippen LogP contribution in [-0.2, 0) is 6.54 Å². The van der Waals surface area contributed by atoms with Gasteiger partial charge in [0.15, 0.2) is 17.1 Å². The number of carbonyl (C=O) groups is 1. The molecule has 1 saturated heterocycles. The van der Waals surface area contributed by atoms with Gasteiger partial charge < -0.3 is 14.4 Å². The molecule has 8 heteroatoms. The number of hydrogen-bond acceptors (Lipinski definition) is 6. The monoisotopic (exact) mass is 447 g/mol. The molecule has 3 aromatic rings. The standard InChI is InChI=1S/C25H29N5O3/c1-16(2)30-24-20(13-26-30)19(12-21(27-24)18-4-5-18)25(31)29-9-7-28(8-10-29)14-17-3-6-22-23(11-17)33-15-32-22/h3,6,11-13,16,18H,4-5,7-10,14-15H2,1-2H3. The molecule has 0 radical (unpaired) electrons. The molecule has 2 aliphatic heterocycles. The molecule has 2 fully saturated rings. The number of benzene rings is 1. The molecule has 1 aliphatic carbocycles. The summed E-state index contributed by atoms with van der Waals surface area (Å²) < 4.78 is 12.8. The van der Waals surface area contributed by atoms with E-state index in [0.717, 1.165) is 66.3 Å². The van der Waals surface area contributed by atoms with E-state index in [1.54, 1.807) is 0 Å². The van der Waals surface area contributed by atoms with Gasteiger partial charge in [0.1, 0.15) is 0 Å². The molecule has 33 heavy (non-hydrogen) atoms. The van der Waals surface area contributed by atoms with Gasteiger partial charge in [-0.1, -0.05) is 6.07 Å². The lowest BCUT2D eigenvalue weighted by molar-refractivity contribution is 0.0630. The van der Waals surface area contributed by atoms with Crippen molar-refractivity contribution in [2.75, 3.05) is 33.0 Å². The van der Waals surface area contributed by atoms with Crippen molar-refractivity contribution >= 4 is 16.9 Å². The number of hydrogen-bond donors (Lipinski definition) is 0. The zero-order valence-electron chi connectivity index (χ0n) is 19.2. The van der Waals surface area contributed by atoms with Crippen LogP contribution in [0, 0.1) is 0 Å². The topological polar surface area (TPSA) is 72.7 Å². The Morgan fingerprint density at radius 3 is 2.64 bits per heavy atom. The summed E-state index contributed by atoms with van der Waals surface area (Å²) in [7, 11) is 0. The maximum Gasteiger partial charge on any atom is 0.254 e. The average molecular weight is 448 g/mol. The fraction of sp³-hybridized carbons (Fsp3) is 0.480. The maximum absolute atomic E-state index is 13.6. The third kappa shape index (κ3) is 3.82. The highest BCUT2D eigenvalue weighted by Crippen LogP contribution is 2.40. The Kier molecular flexibility index (Phi) is 4.98. The van der Waals surface area contributed by atoms with E-state index in [-0.39, 0.29) is 11.9 Å². The molecule has 4 heterocycles. The number of fused-ring (bicyclic) bond motifs is 2. The summed E-state index contributed by atoms with van der Waals surface area (Å²) in [5.74, 6) is 2.20. The summed E-state index contributed by atoms with van der Waals surface area (Å²) in [6.07, 6.45) is 4.11. The number of rotatable bonds is 5. The van der Waals surface area contributed by atoms with Crippen LogP contribution >= 0.6 is 0 Å². The van der Waals surface area contributed by atoms with Gasteiger partial charge in [0, 0.05) is 50.4 Å². The summed E-state index contributed by atoms with van der Waals surface area (Å²) in [4.78, 5) is 22.9. The van der Waals surface area contributed by atoms with Crippen molar-refractivity contribution in [3.63, 3.8) is 0 Å². The Morgan fingerprint density at radius 1 is 1.09 bits per heavy atom. The van der Waals surface area contributed by atoms with E-state index >= 15 is 0 Å². The molecule has 1 amide bonds. The van der Waals surface area contributed by atoms with Crippen LogP contribution in [0.15, 0.2) is 30.5 Å². The predicted molar refractivity (Wildman–Crippen MR) is 124 cm³/mol. The summed E-state index contributed by atoms with van der Waals surface area (Å²) in [5, 5.41) is 5.41. The first kappa shape index (κ1) is 20.5. The van der Waals surface area contributed by atoms with Crippen LogP contribution in [0.25, 0.3) is 11.0 Å². The molecule has 0 unspecified atom stereocenters. The van der Waals surface area contributed by atoms with Crippen LogP contribution in [0.1, 0.15) is 60.3 Å². The fourth-order valence-electron chi connectivity index (χ4n) is 4.76. The molecule has 0 atom stereocenters. The number of carbonyl (C=O) groups excluding carboxylic acids is 1. The summed E-state index contributed by atoms with van der Waals surface area (Å²) >= 11 is 0. The number of piperazine rings is 1. The van der Waals surface area contributed by atoms with Gasteiger partial charge in [-0.25, -0.2) is 9.67 Å². The van der Waals surface area contributed by atoms with Gasteiger partial charge in [0.25, 0.3) is 5.91 Å². The number of pyridine rings is 1.